The molecule has 1 aromatic carbocycles. The first kappa shape index (κ1) is 12.2. The molecule has 2 nitrogen and oxygen atoms in total. The fraction of sp³-hybridized carbons (Fsp3) is 0.467. The van der Waals surface area contributed by atoms with Crippen molar-refractivity contribution in [2.75, 3.05) is 6.61 Å². The molecule has 0 bridgehead atoms. The number of aliphatic hydroxyl groups excluding tert-OH is 1. The second-order valence-electron chi connectivity index (χ2n) is 4.93. The van der Waals surface area contributed by atoms with Crippen LogP contribution in [0.5, 0.6) is 0 Å². The van der Waals surface area contributed by atoms with Crippen molar-refractivity contribution in [2.45, 2.75) is 37.9 Å². The minimum Gasteiger partial charge on any atom is -0.390 e. The number of hydrogen-bond donors (Lipinski definition) is 1. The smallest absolute Gasteiger partial charge is 0.0842 e. The predicted octanol–water partition coefficient (Wildman–Crippen LogP) is 3.37. The monoisotopic (exact) mass is 262 g/mol. The van der Waals surface area contributed by atoms with E-state index in [1.807, 2.05) is 0 Å². The molecule has 2 aromatic rings. The second kappa shape index (κ2) is 5.39. The van der Waals surface area contributed by atoms with E-state index in [4.69, 9.17) is 4.74 Å². The Kier molecular flexibility index (Phi) is 3.64. The van der Waals surface area contributed by atoms with E-state index in [1.54, 1.807) is 11.3 Å². The summed E-state index contributed by atoms with van der Waals surface area (Å²) in [6.07, 6.45) is 3.65. The van der Waals surface area contributed by atoms with Gasteiger partial charge in [0.15, 0.2) is 0 Å². The predicted molar refractivity (Wildman–Crippen MR) is 75.1 cm³/mol. The highest BCUT2D eigenvalue weighted by atomic mass is 32.1. The van der Waals surface area contributed by atoms with E-state index < -0.39 is 0 Å². The fourth-order valence-corrected chi connectivity index (χ4v) is 3.59. The Balaban J connectivity index is 1.75. The molecule has 0 aliphatic carbocycles. The van der Waals surface area contributed by atoms with Crippen LogP contribution in [-0.4, -0.2) is 23.9 Å². The highest BCUT2D eigenvalue weighted by molar-refractivity contribution is 7.17. The molecule has 1 N–H and O–H groups in total. The minimum absolute atomic E-state index is 0.0254. The molecule has 0 radical (unpaired) electrons. The standard InChI is InChI=1S/C15H18O2S/c16-13(14-6-3-4-8-17-14)9-11-10-18-15-7-2-1-5-12(11)15/h1-2,5,7,10,13-14,16H,3-4,6,8-9H2. The minimum atomic E-state index is -0.372. The van der Waals surface area contributed by atoms with E-state index >= 15 is 0 Å². The van der Waals surface area contributed by atoms with Gasteiger partial charge in [-0.1, -0.05) is 18.2 Å². The zero-order valence-electron chi connectivity index (χ0n) is 10.3. The van der Waals surface area contributed by atoms with Gasteiger partial charge >= 0.3 is 0 Å². The molecule has 2 unspecified atom stereocenters. The third kappa shape index (κ3) is 2.44. The molecule has 3 rings (SSSR count). The topological polar surface area (TPSA) is 29.5 Å². The zero-order chi connectivity index (χ0) is 12.4. The van der Waals surface area contributed by atoms with E-state index in [1.165, 1.54) is 22.1 Å². The fourth-order valence-electron chi connectivity index (χ4n) is 2.62. The van der Waals surface area contributed by atoms with Crippen LogP contribution in [0, 0.1) is 0 Å². The van der Waals surface area contributed by atoms with Crippen molar-refractivity contribution < 1.29 is 9.84 Å². The van der Waals surface area contributed by atoms with Gasteiger partial charge in [0.05, 0.1) is 12.2 Å². The van der Waals surface area contributed by atoms with Crippen molar-refractivity contribution in [2.24, 2.45) is 0 Å². The Morgan fingerprint density at radius 1 is 1.33 bits per heavy atom. The van der Waals surface area contributed by atoms with Crippen molar-refractivity contribution in [1.29, 1.82) is 0 Å². The average Bonchev–Trinajstić information content (AvgIpc) is 2.83. The quantitative estimate of drug-likeness (QED) is 0.919. The number of benzene rings is 1. The van der Waals surface area contributed by atoms with E-state index in [2.05, 4.69) is 29.6 Å². The Morgan fingerprint density at radius 2 is 2.22 bits per heavy atom. The molecule has 1 aromatic heterocycles. The van der Waals surface area contributed by atoms with Crippen LogP contribution in [0.15, 0.2) is 29.6 Å². The molecule has 2 atom stereocenters. The summed E-state index contributed by atoms with van der Waals surface area (Å²) >= 11 is 1.75. The number of thiophene rings is 1. The van der Waals surface area contributed by atoms with Crippen molar-refractivity contribution in [3.05, 3.63) is 35.2 Å². The van der Waals surface area contributed by atoms with Crippen LogP contribution in [0.2, 0.25) is 0 Å². The maximum atomic E-state index is 10.3. The first-order valence-corrected chi connectivity index (χ1v) is 7.47. The molecular formula is C15H18O2S. The molecule has 0 spiro atoms. The molecule has 1 fully saturated rings. The van der Waals surface area contributed by atoms with Crippen LogP contribution in [-0.2, 0) is 11.2 Å². The van der Waals surface area contributed by atoms with Crippen molar-refractivity contribution in [3.63, 3.8) is 0 Å². The highest BCUT2D eigenvalue weighted by Crippen LogP contribution is 2.28. The summed E-state index contributed by atoms with van der Waals surface area (Å²) in [5, 5.41) is 13.7. The number of hydrogen-bond acceptors (Lipinski definition) is 3. The molecule has 3 heteroatoms. The Bertz CT molecular complexity index is 514. The molecular weight excluding hydrogens is 244 g/mol. The molecule has 96 valence electrons. The molecule has 1 aliphatic heterocycles. The van der Waals surface area contributed by atoms with Crippen LogP contribution in [0.1, 0.15) is 24.8 Å². The summed E-state index contributed by atoms with van der Waals surface area (Å²) in [7, 11) is 0. The van der Waals surface area contributed by atoms with E-state index in [9.17, 15) is 5.11 Å². The van der Waals surface area contributed by atoms with Gasteiger partial charge in [-0.15, -0.1) is 11.3 Å². The number of rotatable bonds is 3. The average molecular weight is 262 g/mol. The first-order chi connectivity index (χ1) is 8.84. The Morgan fingerprint density at radius 3 is 3.06 bits per heavy atom. The summed E-state index contributed by atoms with van der Waals surface area (Å²) in [5.41, 5.74) is 1.25. The van der Waals surface area contributed by atoms with Crippen LogP contribution >= 0.6 is 11.3 Å². The van der Waals surface area contributed by atoms with Gasteiger partial charge in [-0.2, -0.15) is 0 Å². The molecule has 2 heterocycles. The lowest BCUT2D eigenvalue weighted by Crippen LogP contribution is -2.33. The summed E-state index contributed by atoms with van der Waals surface area (Å²) in [6.45, 7) is 0.798. The second-order valence-corrected chi connectivity index (χ2v) is 5.84. The van der Waals surface area contributed by atoms with Crippen molar-refractivity contribution >= 4 is 21.4 Å². The third-order valence-corrected chi connectivity index (χ3v) is 4.65. The molecule has 0 amide bonds. The van der Waals surface area contributed by atoms with E-state index in [0.29, 0.717) is 6.42 Å². The van der Waals surface area contributed by atoms with E-state index in [0.717, 1.165) is 19.4 Å². The molecule has 0 saturated carbocycles. The Hall–Kier alpha value is -0.900. The number of fused-ring (bicyclic) bond motifs is 1. The maximum Gasteiger partial charge on any atom is 0.0842 e. The van der Waals surface area contributed by atoms with Gasteiger partial charge in [-0.05, 0) is 41.7 Å². The van der Waals surface area contributed by atoms with Gasteiger partial charge in [0.1, 0.15) is 0 Å². The largest absolute Gasteiger partial charge is 0.390 e. The third-order valence-electron chi connectivity index (χ3n) is 3.63. The molecule has 1 aliphatic rings. The Labute approximate surface area is 111 Å². The van der Waals surface area contributed by atoms with Gasteiger partial charge in [-0.3, -0.25) is 0 Å². The van der Waals surface area contributed by atoms with Crippen molar-refractivity contribution in [1.82, 2.24) is 0 Å². The molecule has 1 saturated heterocycles. The SMILES string of the molecule is OC(Cc1csc2ccccc12)C1CCCCO1. The lowest BCUT2D eigenvalue weighted by Gasteiger charge is -2.27. The summed E-state index contributed by atoms with van der Waals surface area (Å²) in [5.74, 6) is 0. The maximum absolute atomic E-state index is 10.3. The lowest BCUT2D eigenvalue weighted by molar-refractivity contribution is -0.0610. The van der Waals surface area contributed by atoms with E-state index in [-0.39, 0.29) is 12.2 Å². The van der Waals surface area contributed by atoms with Crippen LogP contribution in [0.4, 0.5) is 0 Å². The van der Waals surface area contributed by atoms with Crippen LogP contribution in [0.3, 0.4) is 0 Å². The number of aliphatic hydroxyl groups is 1. The normalized spacial score (nSPS) is 22.2. The zero-order valence-corrected chi connectivity index (χ0v) is 11.2. The summed E-state index contributed by atoms with van der Waals surface area (Å²) < 4.78 is 6.95. The van der Waals surface area contributed by atoms with Gasteiger partial charge in [-0.25, -0.2) is 0 Å². The summed E-state index contributed by atoms with van der Waals surface area (Å²) in [6, 6.07) is 8.38. The summed E-state index contributed by atoms with van der Waals surface area (Å²) in [4.78, 5) is 0. The van der Waals surface area contributed by atoms with Crippen LogP contribution < -0.4 is 0 Å². The molecule has 18 heavy (non-hydrogen) atoms. The van der Waals surface area contributed by atoms with Crippen LogP contribution in [0.25, 0.3) is 10.1 Å². The lowest BCUT2D eigenvalue weighted by atomic mass is 9.98. The van der Waals surface area contributed by atoms with Gasteiger partial charge in [0, 0.05) is 17.7 Å². The van der Waals surface area contributed by atoms with Gasteiger partial charge < -0.3 is 9.84 Å². The van der Waals surface area contributed by atoms with Crippen molar-refractivity contribution in [3.8, 4) is 0 Å². The van der Waals surface area contributed by atoms with Gasteiger partial charge in [0.2, 0.25) is 0 Å². The highest BCUT2D eigenvalue weighted by Gasteiger charge is 2.23. The number of ether oxygens (including phenoxy) is 1. The van der Waals surface area contributed by atoms with Gasteiger partial charge in [0.25, 0.3) is 0 Å². The first-order valence-electron chi connectivity index (χ1n) is 6.59.